The molecule has 0 aliphatic rings. The molecule has 11 aromatic rings. The molecule has 0 spiro atoms. The normalized spacial score (nSPS) is 11.0. The molecule has 6 heteroatoms. The molecule has 0 atom stereocenters. The molecule has 0 fully saturated rings. The summed E-state index contributed by atoms with van der Waals surface area (Å²) in [5.74, 6) is 0. The molecule has 0 aliphatic carbocycles. The van der Waals surface area contributed by atoms with Gasteiger partial charge in [0.15, 0.2) is 0 Å². The van der Waals surface area contributed by atoms with Crippen molar-refractivity contribution in [1.29, 1.82) is 0 Å². The average Bonchev–Trinajstić information content (AvgIpc) is 3.44. The number of halogens is 3. The highest BCUT2D eigenvalue weighted by molar-refractivity contribution is 5.99. The fourth-order valence-electron chi connectivity index (χ4n) is 8.86. The Morgan fingerprint density at radius 2 is 1.09 bits per heavy atom. The first-order valence-corrected chi connectivity index (χ1v) is 24.9. The number of fused-ring (bicyclic) bond motifs is 2. The molecule has 11 rings (SSSR count). The summed E-state index contributed by atoms with van der Waals surface area (Å²) in [6.45, 7) is 7.98. The molecule has 0 aromatic heterocycles. The van der Waals surface area contributed by atoms with Crippen molar-refractivity contribution in [2.45, 2.75) is 26.4 Å². The first-order valence-electron chi connectivity index (χ1n) is 24.9. The smallest absolute Gasteiger partial charge is 0.399 e. The van der Waals surface area contributed by atoms with Gasteiger partial charge in [-0.2, -0.15) is 13.2 Å². The molecule has 0 radical (unpaired) electrons. The lowest BCUT2D eigenvalue weighted by molar-refractivity contribution is -0.137. The lowest BCUT2D eigenvalue weighted by Gasteiger charge is -2.25. The number of hydrogen-bond acceptors (Lipinski definition) is 3. The van der Waals surface area contributed by atoms with Crippen molar-refractivity contribution in [3.05, 3.63) is 294 Å². The Kier molecular flexibility index (Phi) is 17.4. The summed E-state index contributed by atoms with van der Waals surface area (Å²) < 4.78 is 39.9. The van der Waals surface area contributed by atoms with Crippen molar-refractivity contribution in [1.82, 2.24) is 0 Å². The van der Waals surface area contributed by atoms with Crippen LogP contribution in [0.2, 0.25) is 0 Å². The Morgan fingerprint density at radius 1 is 0.520 bits per heavy atom. The van der Waals surface area contributed by atoms with E-state index in [1.807, 2.05) is 129 Å². The number of rotatable bonds is 8. The second-order valence-corrected chi connectivity index (χ2v) is 18.1. The van der Waals surface area contributed by atoms with Crippen molar-refractivity contribution in [3.8, 4) is 22.3 Å². The minimum atomic E-state index is -4.38. The first-order chi connectivity index (χ1) is 36.4. The summed E-state index contributed by atoms with van der Waals surface area (Å²) in [4.78, 5) is 2.06. The van der Waals surface area contributed by atoms with Gasteiger partial charge in [-0.25, -0.2) is 0 Å². The zero-order chi connectivity index (χ0) is 52.6. The Hall–Kier alpha value is -9.13. The number of anilines is 5. The van der Waals surface area contributed by atoms with E-state index in [0.29, 0.717) is 17.5 Å². The second-order valence-electron chi connectivity index (χ2n) is 18.1. The van der Waals surface area contributed by atoms with E-state index in [1.165, 1.54) is 50.9 Å². The maximum absolute atomic E-state index is 13.3. The van der Waals surface area contributed by atoms with Crippen LogP contribution >= 0.6 is 0 Å². The van der Waals surface area contributed by atoms with Crippen LogP contribution < -0.4 is 26.4 Å². The number of nitrogens with zero attached hydrogens (tertiary/aromatic N) is 1. The van der Waals surface area contributed by atoms with E-state index < -0.39 is 11.7 Å². The molecule has 0 aliphatic heterocycles. The Morgan fingerprint density at radius 3 is 1.73 bits per heavy atom. The van der Waals surface area contributed by atoms with Gasteiger partial charge in [0.1, 0.15) is 0 Å². The number of nitrogens with one attached hydrogen (secondary N) is 1. The Balaban J connectivity index is 0.000000151. The molecule has 0 saturated carbocycles. The highest BCUT2D eigenvalue weighted by Crippen LogP contribution is 2.38. The van der Waals surface area contributed by atoms with E-state index in [1.54, 1.807) is 0 Å². The molecular weight excluding hydrogens is 928 g/mol. The zero-order valence-corrected chi connectivity index (χ0v) is 42.5. The van der Waals surface area contributed by atoms with Gasteiger partial charge in [-0.1, -0.05) is 213 Å². The topological polar surface area (TPSA) is 41.3 Å². The highest BCUT2D eigenvalue weighted by atomic mass is 19.4. The number of para-hydroxylation sites is 2. The fourth-order valence-corrected chi connectivity index (χ4v) is 8.86. The molecule has 3 nitrogen and oxygen atoms in total. The number of nitrogens with two attached hydrogens (primary N) is 1. The van der Waals surface area contributed by atoms with Crippen LogP contribution in [0, 0.1) is 6.92 Å². The van der Waals surface area contributed by atoms with Crippen molar-refractivity contribution in [2.75, 3.05) is 23.0 Å². The maximum atomic E-state index is 13.3. The van der Waals surface area contributed by atoms with E-state index >= 15 is 0 Å². The van der Waals surface area contributed by atoms with Crippen LogP contribution in [0.25, 0.3) is 56.5 Å². The summed E-state index contributed by atoms with van der Waals surface area (Å²) in [6, 6.07) is 85.8. The molecule has 75 heavy (non-hydrogen) atoms. The maximum Gasteiger partial charge on any atom is 0.416 e. The predicted molar refractivity (Wildman–Crippen MR) is 314 cm³/mol. The van der Waals surface area contributed by atoms with Gasteiger partial charge < -0.3 is 16.0 Å². The van der Waals surface area contributed by atoms with Crippen LogP contribution in [-0.2, 0) is 12.6 Å². The fraction of sp³-hybridized carbons (Fsp3) is 0.0725. The van der Waals surface area contributed by atoms with Crippen LogP contribution in [0.1, 0.15) is 29.2 Å². The largest absolute Gasteiger partial charge is 0.416 e. The molecule has 0 heterocycles. The van der Waals surface area contributed by atoms with Gasteiger partial charge in [0.2, 0.25) is 0 Å². The molecular formula is C69H60F3N3. The van der Waals surface area contributed by atoms with Crippen LogP contribution in [0.4, 0.5) is 41.6 Å². The van der Waals surface area contributed by atoms with Gasteiger partial charge in [-0.05, 0) is 146 Å². The summed E-state index contributed by atoms with van der Waals surface area (Å²) >= 11 is 0. The summed E-state index contributed by atoms with van der Waals surface area (Å²) in [6.07, 6.45) is -1.64. The monoisotopic (exact) mass is 987 g/mol. The number of alkyl halides is 3. The van der Waals surface area contributed by atoms with Crippen molar-refractivity contribution in [2.24, 2.45) is 0 Å². The van der Waals surface area contributed by atoms with Crippen LogP contribution in [0.15, 0.2) is 261 Å². The van der Waals surface area contributed by atoms with Gasteiger partial charge in [0, 0.05) is 35.2 Å². The zero-order valence-electron chi connectivity index (χ0n) is 42.5. The molecule has 3 N–H and O–H groups in total. The van der Waals surface area contributed by atoms with Gasteiger partial charge in [-0.15, -0.1) is 0 Å². The Bertz CT molecular complexity index is 3670. The minimum absolute atomic E-state index is 0.553. The predicted octanol–water partition coefficient (Wildman–Crippen LogP) is 17.6. The summed E-state index contributed by atoms with van der Waals surface area (Å²) in [5, 5.41) is 9.19. The minimum Gasteiger partial charge on any atom is -0.399 e. The van der Waals surface area contributed by atoms with Gasteiger partial charge in [0.05, 0.1) is 11.3 Å². The standard InChI is InChI=1S/C29H23F3N2.C18H14.C13H13N.C9H10/c1-34(26-14-12-20-11-13-24(29(30,31)32)17-23(20)18-26)28-22(15-19-5-4-7-25(33)16-19)10-9-21-6-2-3-8-27(21)28;1-3-8-15(9-4-1)17-12-7-13-18(14-17)16-10-5-2-6-11-16;1-11-7-5-6-10-13(11)14-12-8-3-2-4-9-12;1-3-9-7-5-4-6-8(9)2/h2-14,16-18H,15,33H2,1H3;1-14H;2-10,14H,1H3;3-7H,2H2,1H3/b;;;9-3-. The number of benzene rings is 11. The second kappa shape index (κ2) is 25.0. The van der Waals surface area contributed by atoms with E-state index in [0.717, 1.165) is 55.6 Å². The first kappa shape index (κ1) is 52.2. The molecule has 0 bridgehead atoms. The van der Waals surface area contributed by atoms with Crippen molar-refractivity contribution in [3.63, 3.8) is 0 Å². The highest BCUT2D eigenvalue weighted by Gasteiger charge is 2.30. The number of hydrogen-bond donors (Lipinski definition) is 2. The average molecular weight is 988 g/mol. The van der Waals surface area contributed by atoms with Gasteiger partial charge >= 0.3 is 6.18 Å². The Labute approximate surface area is 439 Å². The molecule has 0 unspecified atom stereocenters. The number of nitrogen functional groups attached to an aromatic ring is 1. The van der Waals surface area contributed by atoms with E-state index in [4.69, 9.17) is 5.73 Å². The lowest BCUT2D eigenvalue weighted by atomic mass is 9.97. The van der Waals surface area contributed by atoms with Crippen LogP contribution in [-0.4, -0.2) is 7.05 Å². The van der Waals surface area contributed by atoms with Crippen LogP contribution in [0.3, 0.4) is 0 Å². The van der Waals surface area contributed by atoms with E-state index in [9.17, 15) is 13.2 Å². The quantitative estimate of drug-likeness (QED) is 0.149. The molecule has 0 saturated heterocycles. The van der Waals surface area contributed by atoms with Gasteiger partial charge in [0.25, 0.3) is 0 Å². The van der Waals surface area contributed by atoms with E-state index in [-0.39, 0.29) is 0 Å². The van der Waals surface area contributed by atoms with E-state index in [2.05, 4.69) is 157 Å². The number of aryl methyl sites for hydroxylation is 1. The van der Waals surface area contributed by atoms with Crippen LogP contribution in [0.5, 0.6) is 0 Å². The lowest BCUT2D eigenvalue weighted by Crippen LogP contribution is -2.20. The van der Waals surface area contributed by atoms with Crippen molar-refractivity contribution >= 4 is 62.6 Å². The third-order valence-electron chi connectivity index (χ3n) is 12.8. The molecule has 372 valence electrons. The summed E-state index contributed by atoms with van der Waals surface area (Å²) in [7, 11) is 1.96. The molecule has 11 aromatic carbocycles. The van der Waals surface area contributed by atoms with Crippen molar-refractivity contribution < 1.29 is 13.2 Å². The third-order valence-corrected chi connectivity index (χ3v) is 12.8. The summed E-state index contributed by atoms with van der Waals surface area (Å²) in [5.41, 5.74) is 18.7. The third kappa shape index (κ3) is 14.1. The van der Waals surface area contributed by atoms with Gasteiger partial charge in [-0.3, -0.25) is 0 Å². The molecule has 0 amide bonds. The SMILES string of the molecule is C=c1cccc/c1=C/C.CN(c1ccc2ccc(C(F)(F)F)cc2c1)c1c(Cc2cccc(N)c2)ccc2ccccc12.Cc1ccccc1Nc1ccccc1.c1ccc(-c2cccc(-c3ccccc3)c2)cc1.